The third kappa shape index (κ3) is 2.66. The van der Waals surface area contributed by atoms with Crippen LogP contribution in [0.1, 0.15) is 5.56 Å². The number of rotatable bonds is 3. The lowest BCUT2D eigenvalue weighted by atomic mass is 10.2. The number of nitrogens with zero attached hydrogens (tertiary/aromatic N) is 4. The van der Waals surface area contributed by atoms with Crippen molar-refractivity contribution in [3.8, 4) is 0 Å². The molecule has 5 nitrogen and oxygen atoms in total. The standard InChI is InChI=1S/C15H18N4OSi/c1-21(2,3)13-6-4-12(5-7-13)11-19-15(20)18-9-8-16-10-14(18)17-19/h4-10H,11H2,1-3H3. The molecule has 2 heterocycles. The van der Waals surface area contributed by atoms with E-state index in [0.29, 0.717) is 12.2 Å². The van der Waals surface area contributed by atoms with Crippen LogP contribution in [-0.4, -0.2) is 27.2 Å². The summed E-state index contributed by atoms with van der Waals surface area (Å²) in [6, 6.07) is 8.51. The molecule has 0 saturated heterocycles. The Labute approximate surface area is 123 Å². The van der Waals surface area contributed by atoms with Gasteiger partial charge in [-0.05, 0) is 5.56 Å². The van der Waals surface area contributed by atoms with Crippen LogP contribution < -0.4 is 10.9 Å². The molecule has 0 spiro atoms. The summed E-state index contributed by atoms with van der Waals surface area (Å²) < 4.78 is 2.98. The molecule has 0 saturated carbocycles. The van der Waals surface area contributed by atoms with Gasteiger partial charge in [-0.1, -0.05) is 49.1 Å². The molecule has 0 aliphatic rings. The Bertz CT molecular complexity index is 827. The summed E-state index contributed by atoms with van der Waals surface area (Å²) in [5.74, 6) is 0. The lowest BCUT2D eigenvalue weighted by molar-refractivity contribution is 0.659. The predicted molar refractivity (Wildman–Crippen MR) is 85.8 cm³/mol. The van der Waals surface area contributed by atoms with Gasteiger partial charge in [0.2, 0.25) is 0 Å². The molecule has 3 aromatic rings. The number of hydrogen-bond donors (Lipinski definition) is 0. The van der Waals surface area contributed by atoms with Crippen molar-refractivity contribution in [2.75, 3.05) is 0 Å². The molecular formula is C15H18N4OSi. The monoisotopic (exact) mass is 298 g/mol. The van der Waals surface area contributed by atoms with Gasteiger partial charge in [-0.25, -0.2) is 13.9 Å². The first-order valence-corrected chi connectivity index (χ1v) is 10.4. The van der Waals surface area contributed by atoms with E-state index in [9.17, 15) is 4.79 Å². The van der Waals surface area contributed by atoms with Gasteiger partial charge in [0.05, 0.1) is 20.8 Å². The first kappa shape index (κ1) is 13.8. The quantitative estimate of drug-likeness (QED) is 0.688. The first-order chi connectivity index (χ1) is 9.95. The maximum atomic E-state index is 12.2. The van der Waals surface area contributed by atoms with Crippen molar-refractivity contribution in [2.45, 2.75) is 26.2 Å². The highest BCUT2D eigenvalue weighted by Gasteiger charge is 2.15. The number of fused-ring (bicyclic) bond motifs is 1. The fourth-order valence-corrected chi connectivity index (χ4v) is 3.43. The summed E-state index contributed by atoms with van der Waals surface area (Å²) in [4.78, 5) is 16.2. The molecule has 0 aliphatic carbocycles. The average molecular weight is 298 g/mol. The second-order valence-corrected chi connectivity index (χ2v) is 11.3. The third-order valence-electron chi connectivity index (χ3n) is 3.54. The van der Waals surface area contributed by atoms with Crippen molar-refractivity contribution < 1.29 is 0 Å². The summed E-state index contributed by atoms with van der Waals surface area (Å²) >= 11 is 0. The number of benzene rings is 1. The Kier molecular flexibility index (Phi) is 3.25. The zero-order valence-corrected chi connectivity index (χ0v) is 13.4. The molecule has 6 heteroatoms. The van der Waals surface area contributed by atoms with Crippen molar-refractivity contribution >= 4 is 18.9 Å². The predicted octanol–water partition coefficient (Wildman–Crippen LogP) is 1.48. The van der Waals surface area contributed by atoms with Crippen LogP contribution in [0.2, 0.25) is 19.6 Å². The maximum Gasteiger partial charge on any atom is 0.350 e. The fourth-order valence-electron chi connectivity index (χ4n) is 2.27. The normalized spacial score (nSPS) is 12.0. The molecule has 0 aliphatic heterocycles. The second kappa shape index (κ2) is 4.96. The summed E-state index contributed by atoms with van der Waals surface area (Å²) in [6.07, 6.45) is 4.81. The van der Waals surface area contributed by atoms with E-state index in [2.05, 4.69) is 54.0 Å². The van der Waals surface area contributed by atoms with Crippen LogP contribution in [0.15, 0.2) is 47.7 Å². The lowest BCUT2D eigenvalue weighted by Gasteiger charge is -2.16. The highest BCUT2D eigenvalue weighted by Crippen LogP contribution is 2.05. The molecule has 0 N–H and O–H groups in total. The summed E-state index contributed by atoms with van der Waals surface area (Å²) in [6.45, 7) is 7.44. The van der Waals surface area contributed by atoms with E-state index in [4.69, 9.17) is 0 Å². The molecule has 21 heavy (non-hydrogen) atoms. The van der Waals surface area contributed by atoms with Gasteiger partial charge >= 0.3 is 5.69 Å². The Balaban J connectivity index is 1.92. The van der Waals surface area contributed by atoms with E-state index in [-0.39, 0.29) is 5.69 Å². The summed E-state index contributed by atoms with van der Waals surface area (Å²) in [5.41, 5.74) is 1.51. The van der Waals surface area contributed by atoms with Gasteiger partial charge in [-0.15, -0.1) is 5.10 Å². The zero-order valence-electron chi connectivity index (χ0n) is 12.4. The van der Waals surface area contributed by atoms with Crippen LogP contribution in [0.4, 0.5) is 0 Å². The van der Waals surface area contributed by atoms with E-state index in [0.717, 1.165) is 5.56 Å². The molecule has 0 fully saturated rings. The van der Waals surface area contributed by atoms with Crippen molar-refractivity contribution in [1.29, 1.82) is 0 Å². The Morgan fingerprint density at radius 1 is 1.14 bits per heavy atom. The zero-order chi connectivity index (χ0) is 15.0. The largest absolute Gasteiger partial charge is 0.350 e. The Hall–Kier alpha value is -2.21. The van der Waals surface area contributed by atoms with Gasteiger partial charge in [0.1, 0.15) is 0 Å². The minimum absolute atomic E-state index is 0.137. The topological polar surface area (TPSA) is 52.2 Å². The molecule has 1 aromatic carbocycles. The molecule has 3 rings (SSSR count). The van der Waals surface area contributed by atoms with Crippen LogP contribution in [0.3, 0.4) is 0 Å². The van der Waals surface area contributed by atoms with Crippen molar-refractivity contribution in [1.82, 2.24) is 19.2 Å². The highest BCUT2D eigenvalue weighted by molar-refractivity contribution is 6.88. The minimum Gasteiger partial charge on any atom is -0.259 e. The van der Waals surface area contributed by atoms with Crippen molar-refractivity contribution in [3.63, 3.8) is 0 Å². The molecule has 0 bridgehead atoms. The van der Waals surface area contributed by atoms with Crippen molar-refractivity contribution in [3.05, 3.63) is 58.9 Å². The molecule has 0 atom stereocenters. The molecular weight excluding hydrogens is 280 g/mol. The number of aromatic nitrogens is 4. The Morgan fingerprint density at radius 2 is 1.86 bits per heavy atom. The summed E-state index contributed by atoms with van der Waals surface area (Å²) in [5, 5.41) is 5.71. The number of hydrogen-bond acceptors (Lipinski definition) is 3. The van der Waals surface area contributed by atoms with Gasteiger partial charge in [-0.3, -0.25) is 4.98 Å². The van der Waals surface area contributed by atoms with Gasteiger partial charge < -0.3 is 0 Å². The molecule has 0 radical (unpaired) electrons. The van der Waals surface area contributed by atoms with Gasteiger partial charge in [0.15, 0.2) is 5.65 Å². The smallest absolute Gasteiger partial charge is 0.259 e. The highest BCUT2D eigenvalue weighted by atomic mass is 28.3. The van der Waals surface area contributed by atoms with Gasteiger partial charge in [-0.2, -0.15) is 0 Å². The fraction of sp³-hybridized carbons (Fsp3) is 0.267. The first-order valence-electron chi connectivity index (χ1n) is 6.94. The Morgan fingerprint density at radius 3 is 2.48 bits per heavy atom. The van der Waals surface area contributed by atoms with Crippen LogP contribution in [0, 0.1) is 0 Å². The summed E-state index contributed by atoms with van der Waals surface area (Å²) in [7, 11) is -1.28. The second-order valence-electron chi connectivity index (χ2n) is 6.19. The van der Waals surface area contributed by atoms with Gasteiger partial charge in [0, 0.05) is 12.4 Å². The van der Waals surface area contributed by atoms with E-state index >= 15 is 0 Å². The van der Waals surface area contributed by atoms with Crippen molar-refractivity contribution in [2.24, 2.45) is 0 Å². The third-order valence-corrected chi connectivity index (χ3v) is 5.61. The minimum atomic E-state index is -1.28. The van der Waals surface area contributed by atoms with E-state index in [1.165, 1.54) is 14.3 Å². The average Bonchev–Trinajstić information content (AvgIpc) is 2.76. The molecule has 0 unspecified atom stereocenters. The molecule has 2 aromatic heterocycles. The van der Waals surface area contributed by atoms with Gasteiger partial charge in [0.25, 0.3) is 0 Å². The van der Waals surface area contributed by atoms with E-state index in [1.807, 2.05) is 0 Å². The van der Waals surface area contributed by atoms with E-state index in [1.54, 1.807) is 18.6 Å². The van der Waals surface area contributed by atoms with Crippen LogP contribution in [0.25, 0.3) is 5.65 Å². The molecule has 0 amide bonds. The van der Waals surface area contributed by atoms with Crippen LogP contribution in [-0.2, 0) is 6.54 Å². The lowest BCUT2D eigenvalue weighted by Crippen LogP contribution is -2.37. The van der Waals surface area contributed by atoms with Crippen LogP contribution in [0.5, 0.6) is 0 Å². The maximum absolute atomic E-state index is 12.2. The molecule has 108 valence electrons. The SMILES string of the molecule is C[Si](C)(C)c1ccc(Cn2nc3cnccn3c2=O)cc1. The van der Waals surface area contributed by atoms with E-state index < -0.39 is 8.07 Å². The van der Waals surface area contributed by atoms with Crippen LogP contribution >= 0.6 is 0 Å².